The van der Waals surface area contributed by atoms with E-state index in [9.17, 15) is 18.4 Å². The van der Waals surface area contributed by atoms with Crippen molar-refractivity contribution in [3.05, 3.63) is 35.9 Å². The van der Waals surface area contributed by atoms with Gasteiger partial charge in [-0.3, -0.25) is 4.79 Å². The zero-order chi connectivity index (χ0) is 13.8. The average molecular weight is 269 g/mol. The van der Waals surface area contributed by atoms with Crippen molar-refractivity contribution < 1.29 is 23.1 Å². The third-order valence-corrected chi connectivity index (χ3v) is 2.91. The highest BCUT2D eigenvalue weighted by Gasteiger charge is 2.35. The number of halogens is 2. The first-order valence-corrected chi connectivity index (χ1v) is 5.92. The second-order valence-corrected chi connectivity index (χ2v) is 4.28. The van der Waals surface area contributed by atoms with Crippen LogP contribution in [0.1, 0.15) is 23.2 Å². The number of ether oxygens (including phenoxy) is 1. The molecule has 1 aliphatic rings. The van der Waals surface area contributed by atoms with Crippen LogP contribution in [-0.4, -0.2) is 30.4 Å². The Morgan fingerprint density at radius 1 is 1.26 bits per heavy atom. The minimum Gasteiger partial charge on any atom is -0.455 e. The van der Waals surface area contributed by atoms with Gasteiger partial charge in [0.05, 0.1) is 0 Å². The number of amides is 1. The molecule has 19 heavy (non-hydrogen) atoms. The number of carbonyl (C=O) groups is 2. The fourth-order valence-electron chi connectivity index (χ4n) is 1.88. The molecule has 1 fully saturated rings. The number of hydrogen-bond acceptors (Lipinski definition) is 3. The Hall–Kier alpha value is -1.98. The normalized spacial score (nSPS) is 23.0. The number of hydrogen-bond donors (Lipinski definition) is 1. The van der Waals surface area contributed by atoms with Gasteiger partial charge in [0, 0.05) is 5.56 Å². The summed E-state index contributed by atoms with van der Waals surface area (Å²) in [4.78, 5) is 23.3. The molecule has 1 aromatic carbocycles. The summed E-state index contributed by atoms with van der Waals surface area (Å²) in [7, 11) is 0. The lowest BCUT2D eigenvalue weighted by molar-refractivity contribution is -0.166. The first-order valence-electron chi connectivity index (χ1n) is 5.92. The van der Waals surface area contributed by atoms with Crippen LogP contribution in [0, 0.1) is 0 Å². The Morgan fingerprint density at radius 3 is 2.53 bits per heavy atom. The van der Waals surface area contributed by atoms with E-state index >= 15 is 0 Å². The lowest BCUT2D eigenvalue weighted by Crippen LogP contribution is -2.48. The smallest absolute Gasteiger partial charge is 0.329 e. The van der Waals surface area contributed by atoms with E-state index in [4.69, 9.17) is 0 Å². The minimum absolute atomic E-state index is 0.0448. The van der Waals surface area contributed by atoms with Gasteiger partial charge in [-0.25, -0.2) is 13.6 Å². The maximum absolute atomic E-state index is 12.4. The molecule has 102 valence electrons. The molecule has 0 bridgehead atoms. The van der Waals surface area contributed by atoms with Gasteiger partial charge >= 0.3 is 5.97 Å². The van der Waals surface area contributed by atoms with Crippen molar-refractivity contribution in [3.8, 4) is 0 Å². The summed E-state index contributed by atoms with van der Waals surface area (Å²) in [6, 6.07) is 7.50. The van der Waals surface area contributed by atoms with Crippen LogP contribution in [0.5, 0.6) is 0 Å². The van der Waals surface area contributed by atoms with Gasteiger partial charge in [-0.2, -0.15) is 0 Å². The van der Waals surface area contributed by atoms with Gasteiger partial charge in [-0.05, 0) is 25.0 Å². The van der Waals surface area contributed by atoms with Crippen LogP contribution < -0.4 is 5.32 Å². The van der Waals surface area contributed by atoms with Gasteiger partial charge in [0.25, 0.3) is 12.3 Å². The topological polar surface area (TPSA) is 55.4 Å². The molecule has 4 nitrogen and oxygen atoms in total. The molecule has 0 unspecified atom stereocenters. The summed E-state index contributed by atoms with van der Waals surface area (Å²) in [5.41, 5.74) is 0.409. The van der Waals surface area contributed by atoms with E-state index in [0.717, 1.165) is 0 Å². The number of alkyl halides is 2. The summed E-state index contributed by atoms with van der Waals surface area (Å²) in [5.74, 6) is -1.22. The highest BCUT2D eigenvalue weighted by Crippen LogP contribution is 2.20. The molecular weight excluding hydrogens is 256 g/mol. The number of carbonyl (C=O) groups excluding carboxylic acids is 2. The molecule has 0 aromatic heterocycles. The third-order valence-electron chi connectivity index (χ3n) is 2.91. The predicted molar refractivity (Wildman–Crippen MR) is 62.8 cm³/mol. The van der Waals surface area contributed by atoms with Crippen molar-refractivity contribution in [1.29, 1.82) is 0 Å². The standard InChI is InChI=1S/C13H13F2NO3/c14-11(15)10-7-6-9(13(18)19-10)16-12(17)8-4-2-1-3-5-8/h1-5,9-11H,6-7H2,(H,16,17)/t9-,10+/m0/s1. The monoisotopic (exact) mass is 269 g/mol. The first-order chi connectivity index (χ1) is 9.08. The molecule has 6 heteroatoms. The zero-order valence-electron chi connectivity index (χ0n) is 10.0. The lowest BCUT2D eigenvalue weighted by atomic mass is 10.0. The van der Waals surface area contributed by atoms with Crippen molar-refractivity contribution in [2.24, 2.45) is 0 Å². The second-order valence-electron chi connectivity index (χ2n) is 4.28. The van der Waals surface area contributed by atoms with Gasteiger partial charge in [0.15, 0.2) is 6.10 Å². The van der Waals surface area contributed by atoms with Crippen LogP contribution in [0.25, 0.3) is 0 Å². The highest BCUT2D eigenvalue weighted by molar-refractivity contribution is 5.96. The van der Waals surface area contributed by atoms with E-state index in [1.54, 1.807) is 30.3 Å². The Labute approximate surface area is 108 Å². The zero-order valence-corrected chi connectivity index (χ0v) is 10.0. The van der Waals surface area contributed by atoms with Gasteiger partial charge in [0.1, 0.15) is 6.04 Å². The number of cyclic esters (lactones) is 1. The molecule has 2 atom stereocenters. The van der Waals surface area contributed by atoms with Gasteiger partial charge < -0.3 is 10.1 Å². The summed E-state index contributed by atoms with van der Waals surface area (Å²) < 4.78 is 29.4. The maximum Gasteiger partial charge on any atom is 0.329 e. The SMILES string of the molecule is O=C(N[C@H]1CC[C@H](C(F)F)OC1=O)c1ccccc1. The van der Waals surface area contributed by atoms with Gasteiger partial charge in [-0.1, -0.05) is 18.2 Å². The summed E-state index contributed by atoms with van der Waals surface area (Å²) in [5, 5.41) is 2.49. The van der Waals surface area contributed by atoms with Crippen LogP contribution in [0.2, 0.25) is 0 Å². The molecule has 0 aliphatic carbocycles. The van der Waals surface area contributed by atoms with Crippen LogP contribution in [0.4, 0.5) is 8.78 Å². The average Bonchev–Trinajstić information content (AvgIpc) is 2.41. The van der Waals surface area contributed by atoms with E-state index in [-0.39, 0.29) is 12.8 Å². The Balaban J connectivity index is 1.94. The molecule has 1 aromatic rings. The van der Waals surface area contributed by atoms with E-state index in [1.807, 2.05) is 0 Å². The second kappa shape index (κ2) is 5.77. The molecule has 0 radical (unpaired) electrons. The molecule has 0 saturated carbocycles. The fourth-order valence-corrected chi connectivity index (χ4v) is 1.88. The molecule has 1 N–H and O–H groups in total. The van der Waals surface area contributed by atoms with Crippen molar-refractivity contribution in [2.75, 3.05) is 0 Å². The third kappa shape index (κ3) is 3.27. The Morgan fingerprint density at radius 2 is 1.95 bits per heavy atom. The molecule has 1 heterocycles. The van der Waals surface area contributed by atoms with E-state index in [1.165, 1.54) is 0 Å². The van der Waals surface area contributed by atoms with Crippen molar-refractivity contribution >= 4 is 11.9 Å². The predicted octanol–water partition coefficient (Wildman–Crippen LogP) is 1.76. The largest absolute Gasteiger partial charge is 0.455 e. The van der Waals surface area contributed by atoms with Crippen LogP contribution >= 0.6 is 0 Å². The molecule has 1 saturated heterocycles. The van der Waals surface area contributed by atoms with Crippen LogP contribution in [0.3, 0.4) is 0 Å². The summed E-state index contributed by atoms with van der Waals surface area (Å²) >= 11 is 0. The Bertz CT molecular complexity index is 464. The summed E-state index contributed by atoms with van der Waals surface area (Å²) in [6.07, 6.45) is -3.85. The van der Waals surface area contributed by atoms with Crippen molar-refractivity contribution in [3.63, 3.8) is 0 Å². The molecule has 0 spiro atoms. The van der Waals surface area contributed by atoms with Crippen LogP contribution in [-0.2, 0) is 9.53 Å². The Kier molecular flexibility index (Phi) is 4.09. The molecule has 1 aliphatic heterocycles. The van der Waals surface area contributed by atoms with Crippen LogP contribution in [0.15, 0.2) is 30.3 Å². The molecule has 2 rings (SSSR count). The number of esters is 1. The lowest BCUT2D eigenvalue weighted by Gasteiger charge is -2.27. The highest BCUT2D eigenvalue weighted by atomic mass is 19.3. The quantitative estimate of drug-likeness (QED) is 0.851. The van der Waals surface area contributed by atoms with Gasteiger partial charge in [0.2, 0.25) is 0 Å². The number of rotatable bonds is 3. The fraction of sp³-hybridized carbons (Fsp3) is 0.385. The molecular formula is C13H13F2NO3. The van der Waals surface area contributed by atoms with E-state index < -0.39 is 30.4 Å². The van der Waals surface area contributed by atoms with E-state index in [2.05, 4.69) is 10.1 Å². The van der Waals surface area contributed by atoms with Crippen molar-refractivity contribution in [2.45, 2.75) is 31.4 Å². The minimum atomic E-state index is -2.69. The number of nitrogens with one attached hydrogen (secondary N) is 1. The van der Waals surface area contributed by atoms with Gasteiger partial charge in [-0.15, -0.1) is 0 Å². The number of benzene rings is 1. The summed E-state index contributed by atoms with van der Waals surface area (Å²) in [6.45, 7) is 0. The van der Waals surface area contributed by atoms with Crippen molar-refractivity contribution in [1.82, 2.24) is 5.32 Å². The molecule has 1 amide bonds. The first kappa shape index (κ1) is 13.5. The maximum atomic E-state index is 12.4. The van der Waals surface area contributed by atoms with E-state index in [0.29, 0.717) is 5.56 Å².